The largest absolute Gasteiger partial charge is 0.479 e. The van der Waals surface area contributed by atoms with E-state index >= 15 is 0 Å². The highest BCUT2D eigenvalue weighted by Gasteiger charge is 2.24. The van der Waals surface area contributed by atoms with E-state index in [1.807, 2.05) is 18.2 Å². The molecule has 1 aliphatic heterocycles. The SMILES string of the molecule is CC1Oc2ccc(-c3nn(C)c(N)c3Br)cc2NC1=O. The van der Waals surface area contributed by atoms with Crippen LogP contribution in [0.15, 0.2) is 22.7 Å². The number of carbonyl (C=O) groups is 1. The maximum Gasteiger partial charge on any atom is 0.265 e. The average Bonchev–Trinajstić information content (AvgIpc) is 2.67. The Hall–Kier alpha value is -2.02. The molecule has 2 heterocycles. The van der Waals surface area contributed by atoms with Gasteiger partial charge in [0.2, 0.25) is 0 Å². The predicted molar refractivity (Wildman–Crippen MR) is 79.5 cm³/mol. The van der Waals surface area contributed by atoms with Crippen molar-refractivity contribution in [1.29, 1.82) is 0 Å². The number of rotatable bonds is 1. The van der Waals surface area contributed by atoms with E-state index in [0.29, 0.717) is 17.3 Å². The van der Waals surface area contributed by atoms with Crippen molar-refractivity contribution in [2.45, 2.75) is 13.0 Å². The molecule has 20 heavy (non-hydrogen) atoms. The standard InChI is InChI=1S/C13H13BrN4O2/c1-6-13(19)16-8-5-7(3-4-9(8)20-6)11-10(14)12(15)18(2)17-11/h3-6H,15H2,1-2H3,(H,16,19). The first kappa shape index (κ1) is 13.0. The fourth-order valence-electron chi connectivity index (χ4n) is 2.05. The van der Waals surface area contributed by atoms with Gasteiger partial charge in [0.25, 0.3) is 5.91 Å². The molecule has 1 aliphatic rings. The monoisotopic (exact) mass is 336 g/mol. The number of nitrogens with one attached hydrogen (secondary N) is 1. The number of fused-ring (bicyclic) bond motifs is 1. The van der Waals surface area contributed by atoms with E-state index in [1.165, 1.54) is 0 Å². The zero-order chi connectivity index (χ0) is 14.4. The number of aromatic nitrogens is 2. The molecule has 6 nitrogen and oxygen atoms in total. The Morgan fingerprint density at radius 1 is 1.50 bits per heavy atom. The molecule has 1 aromatic heterocycles. The molecule has 104 valence electrons. The van der Waals surface area contributed by atoms with Gasteiger partial charge < -0.3 is 15.8 Å². The van der Waals surface area contributed by atoms with Crippen LogP contribution in [0.25, 0.3) is 11.3 Å². The second-order valence-corrected chi connectivity index (χ2v) is 5.42. The topological polar surface area (TPSA) is 82.2 Å². The fourth-order valence-corrected chi connectivity index (χ4v) is 2.62. The van der Waals surface area contributed by atoms with Gasteiger partial charge in [-0.1, -0.05) is 0 Å². The minimum atomic E-state index is -0.481. The van der Waals surface area contributed by atoms with Gasteiger partial charge in [-0.25, -0.2) is 0 Å². The van der Waals surface area contributed by atoms with E-state index < -0.39 is 6.10 Å². The number of halogens is 1. The number of nitrogens with zero attached hydrogens (tertiary/aromatic N) is 2. The van der Waals surface area contributed by atoms with Gasteiger partial charge in [-0.2, -0.15) is 5.10 Å². The molecular formula is C13H13BrN4O2. The quantitative estimate of drug-likeness (QED) is 0.835. The summed E-state index contributed by atoms with van der Waals surface area (Å²) in [5.74, 6) is 1.04. The third-order valence-corrected chi connectivity index (χ3v) is 4.00. The minimum Gasteiger partial charge on any atom is -0.479 e. The third-order valence-electron chi connectivity index (χ3n) is 3.22. The van der Waals surface area contributed by atoms with E-state index in [4.69, 9.17) is 10.5 Å². The molecule has 2 aromatic rings. The van der Waals surface area contributed by atoms with Crippen LogP contribution < -0.4 is 15.8 Å². The van der Waals surface area contributed by atoms with Crippen molar-refractivity contribution in [3.05, 3.63) is 22.7 Å². The highest BCUT2D eigenvalue weighted by Crippen LogP contribution is 2.37. The number of aryl methyl sites for hydroxylation is 1. The van der Waals surface area contributed by atoms with E-state index in [9.17, 15) is 4.79 Å². The molecule has 3 N–H and O–H groups in total. The van der Waals surface area contributed by atoms with Crippen LogP contribution in [0, 0.1) is 0 Å². The first-order valence-electron chi connectivity index (χ1n) is 6.07. The Morgan fingerprint density at radius 2 is 2.25 bits per heavy atom. The molecule has 3 rings (SSSR count). The summed E-state index contributed by atoms with van der Waals surface area (Å²) in [4.78, 5) is 11.6. The van der Waals surface area contributed by atoms with Crippen molar-refractivity contribution in [2.24, 2.45) is 7.05 Å². The number of anilines is 2. The van der Waals surface area contributed by atoms with Crippen LogP contribution >= 0.6 is 15.9 Å². The minimum absolute atomic E-state index is 0.158. The zero-order valence-electron chi connectivity index (χ0n) is 11.0. The van der Waals surface area contributed by atoms with Gasteiger partial charge in [0.1, 0.15) is 17.3 Å². The first-order valence-corrected chi connectivity index (χ1v) is 6.86. The van der Waals surface area contributed by atoms with Gasteiger partial charge in [-0.15, -0.1) is 0 Å². The predicted octanol–water partition coefficient (Wildman–Crippen LogP) is 2.15. The van der Waals surface area contributed by atoms with E-state index in [1.54, 1.807) is 18.7 Å². The van der Waals surface area contributed by atoms with Crippen LogP contribution in [0.4, 0.5) is 11.5 Å². The van der Waals surface area contributed by atoms with E-state index in [-0.39, 0.29) is 5.91 Å². The van der Waals surface area contributed by atoms with Gasteiger partial charge in [-0.3, -0.25) is 9.48 Å². The molecule has 1 amide bonds. The molecule has 0 spiro atoms. The zero-order valence-corrected chi connectivity index (χ0v) is 12.6. The number of benzene rings is 1. The molecule has 0 fully saturated rings. The lowest BCUT2D eigenvalue weighted by Gasteiger charge is -2.23. The smallest absolute Gasteiger partial charge is 0.265 e. The molecule has 0 saturated heterocycles. The fraction of sp³-hybridized carbons (Fsp3) is 0.231. The van der Waals surface area contributed by atoms with Crippen molar-refractivity contribution >= 4 is 33.3 Å². The van der Waals surface area contributed by atoms with Crippen LogP contribution in [0.5, 0.6) is 5.75 Å². The van der Waals surface area contributed by atoms with Gasteiger partial charge in [0.05, 0.1) is 10.2 Å². The highest BCUT2D eigenvalue weighted by atomic mass is 79.9. The molecule has 1 atom stereocenters. The molecule has 0 aliphatic carbocycles. The van der Waals surface area contributed by atoms with Crippen LogP contribution in [0.3, 0.4) is 0 Å². The second kappa shape index (κ2) is 4.52. The lowest BCUT2D eigenvalue weighted by Crippen LogP contribution is -2.34. The Kier molecular flexibility index (Phi) is 2.93. The first-order chi connectivity index (χ1) is 9.47. The molecular weight excluding hydrogens is 324 g/mol. The van der Waals surface area contributed by atoms with Crippen LogP contribution in [0.1, 0.15) is 6.92 Å². The van der Waals surface area contributed by atoms with E-state index in [2.05, 4.69) is 26.3 Å². The number of hydrogen-bond acceptors (Lipinski definition) is 4. The maximum atomic E-state index is 11.6. The number of nitrogens with two attached hydrogens (primary N) is 1. The number of hydrogen-bond donors (Lipinski definition) is 2. The number of amides is 1. The molecule has 0 bridgehead atoms. The average molecular weight is 337 g/mol. The molecule has 7 heteroatoms. The van der Waals surface area contributed by atoms with Crippen LogP contribution in [0.2, 0.25) is 0 Å². The normalized spacial score (nSPS) is 17.4. The number of nitrogen functional groups attached to an aromatic ring is 1. The summed E-state index contributed by atoms with van der Waals surface area (Å²) >= 11 is 3.43. The summed E-state index contributed by atoms with van der Waals surface area (Å²) in [6, 6.07) is 5.53. The lowest BCUT2D eigenvalue weighted by molar-refractivity contribution is -0.122. The number of carbonyl (C=O) groups excluding carboxylic acids is 1. The summed E-state index contributed by atoms with van der Waals surface area (Å²) in [5.41, 5.74) is 8.09. The molecule has 0 radical (unpaired) electrons. The molecule has 0 saturated carbocycles. The Bertz CT molecular complexity index is 711. The van der Waals surface area contributed by atoms with Crippen LogP contribution in [-0.2, 0) is 11.8 Å². The van der Waals surface area contributed by atoms with Crippen molar-refractivity contribution in [1.82, 2.24) is 9.78 Å². The van der Waals surface area contributed by atoms with Gasteiger partial charge >= 0.3 is 0 Å². The second-order valence-electron chi connectivity index (χ2n) is 4.63. The molecule has 1 unspecified atom stereocenters. The molecule has 1 aromatic carbocycles. The van der Waals surface area contributed by atoms with Crippen molar-refractivity contribution < 1.29 is 9.53 Å². The summed E-state index contributed by atoms with van der Waals surface area (Å²) in [6.07, 6.45) is -0.481. The Labute approximate surface area is 124 Å². The van der Waals surface area contributed by atoms with Crippen molar-refractivity contribution in [3.8, 4) is 17.0 Å². The summed E-state index contributed by atoms with van der Waals surface area (Å²) in [7, 11) is 1.77. The van der Waals surface area contributed by atoms with Gasteiger partial charge in [-0.05, 0) is 41.1 Å². The summed E-state index contributed by atoms with van der Waals surface area (Å²) in [5, 5.41) is 7.17. The third kappa shape index (κ3) is 1.94. The summed E-state index contributed by atoms with van der Waals surface area (Å²) in [6.45, 7) is 1.71. The Morgan fingerprint density at radius 3 is 2.90 bits per heavy atom. The summed E-state index contributed by atoms with van der Waals surface area (Å²) < 4.78 is 7.85. The van der Waals surface area contributed by atoms with Crippen molar-refractivity contribution in [3.63, 3.8) is 0 Å². The van der Waals surface area contributed by atoms with Gasteiger partial charge in [0, 0.05) is 12.6 Å². The lowest BCUT2D eigenvalue weighted by atomic mass is 10.1. The Balaban J connectivity index is 2.07. The highest BCUT2D eigenvalue weighted by molar-refractivity contribution is 9.10. The maximum absolute atomic E-state index is 11.6. The van der Waals surface area contributed by atoms with Crippen LogP contribution in [-0.4, -0.2) is 21.8 Å². The van der Waals surface area contributed by atoms with Crippen molar-refractivity contribution in [2.75, 3.05) is 11.1 Å². The van der Waals surface area contributed by atoms with E-state index in [0.717, 1.165) is 15.7 Å². The number of ether oxygens (including phenoxy) is 1. The van der Waals surface area contributed by atoms with Gasteiger partial charge in [0.15, 0.2) is 6.10 Å².